The molecule has 0 spiro atoms. The van der Waals surface area contributed by atoms with Gasteiger partial charge in [0.05, 0.1) is 38.1 Å². The second kappa shape index (κ2) is 17.9. The lowest BCUT2D eigenvalue weighted by molar-refractivity contribution is -0.286. The van der Waals surface area contributed by atoms with Gasteiger partial charge in [-0.2, -0.15) is 5.26 Å². The number of esters is 1. The first-order chi connectivity index (χ1) is 25.4. The van der Waals surface area contributed by atoms with Gasteiger partial charge in [-0.25, -0.2) is 0 Å². The monoisotopic (exact) mass is 697 g/mol. The molecule has 3 unspecified atom stereocenters. The van der Waals surface area contributed by atoms with Crippen LogP contribution in [0.5, 0.6) is 0 Å². The summed E-state index contributed by atoms with van der Waals surface area (Å²) in [7, 11) is 0. The SMILES string of the molecule is CC(=O)O[C@H](c1ccc(-c2ccc(C#N)cc2)cc1C)[C@H]1OC(CO)[C@@H](OCc2ccccc2)C(OCc2ccccc2)C1OCc1ccccc1. The lowest BCUT2D eigenvalue weighted by Crippen LogP contribution is -2.62. The highest BCUT2D eigenvalue weighted by atomic mass is 16.6. The quantitative estimate of drug-likeness (QED) is 0.118. The van der Waals surface area contributed by atoms with Crippen LogP contribution in [0, 0.1) is 18.3 Å². The number of rotatable bonds is 14. The number of carbonyl (C=O) groups excluding carboxylic acids is 1. The summed E-state index contributed by atoms with van der Waals surface area (Å²) in [5.41, 5.74) is 6.93. The molecule has 0 aliphatic carbocycles. The summed E-state index contributed by atoms with van der Waals surface area (Å²) >= 11 is 0. The van der Waals surface area contributed by atoms with Crippen LogP contribution in [0.15, 0.2) is 133 Å². The topological polar surface area (TPSA) is 107 Å². The van der Waals surface area contributed by atoms with E-state index in [1.165, 1.54) is 6.92 Å². The third kappa shape index (κ3) is 9.20. The molecule has 0 bridgehead atoms. The maximum atomic E-state index is 12.8. The second-order valence-corrected chi connectivity index (χ2v) is 12.9. The Bertz CT molecular complexity index is 1910. The first-order valence-electron chi connectivity index (χ1n) is 17.4. The van der Waals surface area contributed by atoms with Gasteiger partial charge in [-0.15, -0.1) is 0 Å². The van der Waals surface area contributed by atoms with Crippen LogP contribution in [-0.2, 0) is 48.3 Å². The molecule has 1 heterocycles. The molecule has 266 valence electrons. The number of carbonyl (C=O) groups is 1. The third-order valence-electron chi connectivity index (χ3n) is 9.22. The molecule has 1 fully saturated rings. The molecule has 0 radical (unpaired) electrons. The van der Waals surface area contributed by atoms with Gasteiger partial charge >= 0.3 is 5.97 Å². The highest BCUT2D eigenvalue weighted by molar-refractivity contribution is 5.68. The molecular weight excluding hydrogens is 654 g/mol. The van der Waals surface area contributed by atoms with Gasteiger partial charge in [0.1, 0.15) is 30.5 Å². The van der Waals surface area contributed by atoms with Gasteiger partial charge in [-0.3, -0.25) is 4.79 Å². The Labute approximate surface area is 305 Å². The zero-order valence-corrected chi connectivity index (χ0v) is 29.3. The third-order valence-corrected chi connectivity index (χ3v) is 9.22. The maximum absolute atomic E-state index is 12.8. The molecule has 0 saturated carbocycles. The number of hydrogen-bond acceptors (Lipinski definition) is 8. The molecule has 5 aromatic rings. The van der Waals surface area contributed by atoms with Crippen molar-refractivity contribution in [2.24, 2.45) is 0 Å². The summed E-state index contributed by atoms with van der Waals surface area (Å²) in [6.07, 6.45) is -4.90. The number of aryl methyl sites for hydroxylation is 1. The van der Waals surface area contributed by atoms with E-state index in [2.05, 4.69) is 6.07 Å². The van der Waals surface area contributed by atoms with Crippen molar-refractivity contribution >= 4 is 5.97 Å². The van der Waals surface area contributed by atoms with Gasteiger partial charge in [0.2, 0.25) is 0 Å². The van der Waals surface area contributed by atoms with Gasteiger partial charge in [0, 0.05) is 6.92 Å². The standard InChI is InChI=1S/C44H43NO7/c1-30-24-37(36-20-18-32(25-45)19-21-36)22-23-38(30)40(51-31(2)47)44-43(50-29-35-16-10-5-11-17-35)42(49-28-34-14-8-4-9-15-34)41(39(26-46)52-44)48-27-33-12-6-3-7-13-33/h3-24,39-44,46H,26-29H2,1-2H3/t39?,40-,41-,42?,43?,44-/m1/s1. The van der Waals surface area contributed by atoms with E-state index in [-0.39, 0.29) is 26.4 Å². The van der Waals surface area contributed by atoms with E-state index >= 15 is 0 Å². The van der Waals surface area contributed by atoms with Crippen molar-refractivity contribution in [3.63, 3.8) is 0 Å². The van der Waals surface area contributed by atoms with Gasteiger partial charge in [-0.1, -0.05) is 121 Å². The van der Waals surface area contributed by atoms with Crippen LogP contribution in [0.3, 0.4) is 0 Å². The number of aliphatic hydroxyl groups is 1. The lowest BCUT2D eigenvalue weighted by atomic mass is 9.87. The molecule has 6 atom stereocenters. The smallest absolute Gasteiger partial charge is 0.303 e. The van der Waals surface area contributed by atoms with Crippen LogP contribution in [0.1, 0.15) is 46.4 Å². The number of ether oxygens (including phenoxy) is 5. The highest BCUT2D eigenvalue weighted by Crippen LogP contribution is 2.39. The predicted molar refractivity (Wildman–Crippen MR) is 197 cm³/mol. The number of nitrogens with zero attached hydrogens (tertiary/aromatic N) is 1. The van der Waals surface area contributed by atoms with Crippen LogP contribution < -0.4 is 0 Å². The molecule has 1 aliphatic rings. The highest BCUT2D eigenvalue weighted by Gasteiger charge is 2.52. The van der Waals surface area contributed by atoms with Gasteiger partial charge in [-0.05, 0) is 58.0 Å². The van der Waals surface area contributed by atoms with E-state index in [1.807, 2.05) is 128 Å². The van der Waals surface area contributed by atoms with Crippen molar-refractivity contribution in [1.82, 2.24) is 0 Å². The molecule has 6 rings (SSSR count). The van der Waals surface area contributed by atoms with E-state index < -0.39 is 42.6 Å². The molecular formula is C44H43NO7. The normalized spacial score (nSPS) is 20.5. The molecule has 52 heavy (non-hydrogen) atoms. The fraction of sp³-hybridized carbons (Fsp3) is 0.273. The summed E-state index contributed by atoms with van der Waals surface area (Å²) in [5.74, 6) is -0.490. The Morgan fingerprint density at radius 2 is 1.21 bits per heavy atom. The minimum atomic E-state index is -0.916. The number of benzene rings is 5. The predicted octanol–water partition coefficient (Wildman–Crippen LogP) is 7.65. The zero-order chi connectivity index (χ0) is 36.3. The number of nitriles is 1. The first-order valence-corrected chi connectivity index (χ1v) is 17.4. The maximum Gasteiger partial charge on any atom is 0.303 e. The minimum Gasteiger partial charge on any atom is -0.455 e. The molecule has 0 amide bonds. The Balaban J connectivity index is 1.40. The fourth-order valence-corrected chi connectivity index (χ4v) is 6.61. The van der Waals surface area contributed by atoms with Crippen molar-refractivity contribution in [2.45, 2.75) is 70.3 Å². The van der Waals surface area contributed by atoms with Gasteiger partial charge in [0.15, 0.2) is 6.10 Å². The van der Waals surface area contributed by atoms with Crippen LogP contribution >= 0.6 is 0 Å². The number of aliphatic hydroxyl groups excluding tert-OH is 1. The first kappa shape index (κ1) is 36.6. The van der Waals surface area contributed by atoms with Crippen LogP contribution in [0.4, 0.5) is 0 Å². The Kier molecular flexibility index (Phi) is 12.6. The largest absolute Gasteiger partial charge is 0.455 e. The molecule has 8 heteroatoms. The molecule has 1 saturated heterocycles. The molecule has 8 nitrogen and oxygen atoms in total. The van der Waals surface area contributed by atoms with Crippen molar-refractivity contribution in [3.8, 4) is 17.2 Å². The summed E-state index contributed by atoms with van der Waals surface area (Å²) in [6, 6.07) is 44.9. The van der Waals surface area contributed by atoms with E-state index in [0.29, 0.717) is 5.56 Å². The Hall–Kier alpha value is -5.14. The summed E-state index contributed by atoms with van der Waals surface area (Å²) in [5, 5.41) is 20.1. The minimum absolute atomic E-state index is 0.231. The number of hydrogen-bond donors (Lipinski definition) is 1. The molecule has 1 N–H and O–H groups in total. The Morgan fingerprint density at radius 3 is 1.69 bits per heavy atom. The van der Waals surface area contributed by atoms with Gasteiger partial charge < -0.3 is 28.8 Å². The van der Waals surface area contributed by atoms with Crippen LogP contribution in [0.25, 0.3) is 11.1 Å². The van der Waals surface area contributed by atoms with Crippen molar-refractivity contribution in [1.29, 1.82) is 5.26 Å². The van der Waals surface area contributed by atoms with E-state index in [4.69, 9.17) is 23.7 Å². The average molecular weight is 698 g/mol. The lowest BCUT2D eigenvalue weighted by Gasteiger charge is -2.47. The fourth-order valence-electron chi connectivity index (χ4n) is 6.61. The summed E-state index contributed by atoms with van der Waals surface area (Å²) in [4.78, 5) is 12.8. The molecule has 5 aromatic carbocycles. The molecule has 0 aromatic heterocycles. The van der Waals surface area contributed by atoms with Crippen molar-refractivity contribution in [2.75, 3.05) is 6.61 Å². The van der Waals surface area contributed by atoms with Crippen LogP contribution in [0.2, 0.25) is 0 Å². The molecule has 1 aliphatic heterocycles. The zero-order valence-electron chi connectivity index (χ0n) is 29.3. The van der Waals surface area contributed by atoms with E-state index in [1.54, 1.807) is 12.1 Å². The van der Waals surface area contributed by atoms with Gasteiger partial charge in [0.25, 0.3) is 0 Å². The summed E-state index contributed by atoms with van der Waals surface area (Å²) < 4.78 is 32.9. The van der Waals surface area contributed by atoms with Crippen molar-refractivity contribution in [3.05, 3.63) is 167 Å². The van der Waals surface area contributed by atoms with Crippen molar-refractivity contribution < 1.29 is 33.6 Å². The van der Waals surface area contributed by atoms with E-state index in [0.717, 1.165) is 38.9 Å². The van der Waals surface area contributed by atoms with Crippen LogP contribution in [-0.4, -0.2) is 48.2 Å². The van der Waals surface area contributed by atoms with E-state index in [9.17, 15) is 15.2 Å². The second-order valence-electron chi connectivity index (χ2n) is 12.9. The summed E-state index contributed by atoms with van der Waals surface area (Å²) in [6.45, 7) is 3.71. The average Bonchev–Trinajstić information content (AvgIpc) is 3.18. The Morgan fingerprint density at radius 1 is 0.712 bits per heavy atom.